The van der Waals surface area contributed by atoms with Gasteiger partial charge in [-0.25, -0.2) is 0 Å². The second kappa shape index (κ2) is 5.62. The summed E-state index contributed by atoms with van der Waals surface area (Å²) in [5.41, 5.74) is 2.68. The first-order valence-corrected chi connectivity index (χ1v) is 5.33. The Kier molecular flexibility index (Phi) is 3.67. The van der Waals surface area contributed by atoms with Crippen LogP contribution in [0.2, 0.25) is 0 Å². The van der Waals surface area contributed by atoms with Crippen molar-refractivity contribution in [3.05, 3.63) is 65.5 Å². The van der Waals surface area contributed by atoms with Crippen LogP contribution >= 0.6 is 0 Å². The van der Waals surface area contributed by atoms with Gasteiger partial charge in [0.25, 0.3) is 0 Å². The van der Waals surface area contributed by atoms with E-state index in [1.54, 1.807) is 12.4 Å². The summed E-state index contributed by atoms with van der Waals surface area (Å²) in [4.78, 5) is 14.5. The van der Waals surface area contributed by atoms with Gasteiger partial charge in [-0.15, -0.1) is 0 Å². The lowest BCUT2D eigenvalue weighted by molar-refractivity contribution is -0.107. The Bertz CT molecular complexity index is 564. The highest BCUT2D eigenvalue weighted by atomic mass is 16.1. The molecule has 82 valence electrons. The van der Waals surface area contributed by atoms with Gasteiger partial charge >= 0.3 is 0 Å². The van der Waals surface area contributed by atoms with Gasteiger partial charge in [0.05, 0.1) is 0 Å². The smallest absolute Gasteiger partial charge is 0.124 e. The standard InChI is InChI=1S/C15H11NO/c17-9-8-15-10-14(11-16-12-15)7-6-13-4-2-1-3-5-13/h1-5,9-12H,8H2. The largest absolute Gasteiger partial charge is 0.303 e. The Morgan fingerprint density at radius 1 is 1.06 bits per heavy atom. The van der Waals surface area contributed by atoms with Gasteiger partial charge in [-0.1, -0.05) is 30.0 Å². The number of carbonyl (C=O) groups excluding carboxylic acids is 1. The maximum absolute atomic E-state index is 10.4. The van der Waals surface area contributed by atoms with Crippen molar-refractivity contribution in [3.63, 3.8) is 0 Å². The third-order valence-corrected chi connectivity index (χ3v) is 2.24. The molecule has 1 heterocycles. The first-order chi connectivity index (χ1) is 8.38. The van der Waals surface area contributed by atoms with E-state index >= 15 is 0 Å². The third kappa shape index (κ3) is 3.29. The van der Waals surface area contributed by atoms with Crippen molar-refractivity contribution in [2.24, 2.45) is 0 Å². The number of aldehydes is 1. The van der Waals surface area contributed by atoms with Crippen molar-refractivity contribution in [2.75, 3.05) is 0 Å². The molecule has 2 rings (SSSR count). The zero-order valence-electron chi connectivity index (χ0n) is 9.26. The summed E-state index contributed by atoms with van der Waals surface area (Å²) in [6.45, 7) is 0. The van der Waals surface area contributed by atoms with E-state index in [0.717, 1.165) is 23.0 Å². The first-order valence-electron chi connectivity index (χ1n) is 5.33. The summed E-state index contributed by atoms with van der Waals surface area (Å²) >= 11 is 0. The van der Waals surface area contributed by atoms with Gasteiger partial charge in [-0.3, -0.25) is 4.98 Å². The van der Waals surface area contributed by atoms with Crippen LogP contribution in [0.25, 0.3) is 0 Å². The molecule has 0 aliphatic heterocycles. The molecular weight excluding hydrogens is 210 g/mol. The normalized spacial score (nSPS) is 9.18. The quantitative estimate of drug-likeness (QED) is 0.575. The van der Waals surface area contributed by atoms with Crippen LogP contribution in [0, 0.1) is 11.8 Å². The molecule has 17 heavy (non-hydrogen) atoms. The highest BCUT2D eigenvalue weighted by molar-refractivity contribution is 5.55. The van der Waals surface area contributed by atoms with E-state index in [2.05, 4.69) is 16.8 Å². The summed E-state index contributed by atoms with van der Waals surface area (Å²) in [6.07, 6.45) is 4.63. The Morgan fingerprint density at radius 3 is 2.59 bits per heavy atom. The molecule has 0 unspecified atom stereocenters. The Labute approximate surface area is 100 Å². The second-order valence-corrected chi connectivity index (χ2v) is 3.57. The average Bonchev–Trinajstić information content (AvgIpc) is 2.39. The van der Waals surface area contributed by atoms with Gasteiger partial charge < -0.3 is 4.79 Å². The van der Waals surface area contributed by atoms with Crippen molar-refractivity contribution in [1.82, 2.24) is 4.98 Å². The van der Waals surface area contributed by atoms with Crippen molar-refractivity contribution >= 4 is 6.29 Å². The fourth-order valence-electron chi connectivity index (χ4n) is 1.43. The van der Waals surface area contributed by atoms with Gasteiger partial charge in [-0.2, -0.15) is 0 Å². The van der Waals surface area contributed by atoms with Gasteiger partial charge in [0, 0.05) is 29.9 Å². The molecule has 2 aromatic rings. The van der Waals surface area contributed by atoms with Crippen LogP contribution in [0.5, 0.6) is 0 Å². The third-order valence-electron chi connectivity index (χ3n) is 2.24. The molecule has 0 N–H and O–H groups in total. The Morgan fingerprint density at radius 2 is 1.82 bits per heavy atom. The van der Waals surface area contributed by atoms with Crippen LogP contribution in [0.15, 0.2) is 48.8 Å². The monoisotopic (exact) mass is 221 g/mol. The highest BCUT2D eigenvalue weighted by Gasteiger charge is 1.93. The van der Waals surface area contributed by atoms with Crippen LogP contribution in [0.4, 0.5) is 0 Å². The molecule has 0 amide bonds. The van der Waals surface area contributed by atoms with Crippen molar-refractivity contribution in [1.29, 1.82) is 0 Å². The molecule has 0 atom stereocenters. The van der Waals surface area contributed by atoms with Gasteiger partial charge in [-0.05, 0) is 23.8 Å². The molecule has 1 aromatic heterocycles. The summed E-state index contributed by atoms with van der Waals surface area (Å²) in [5, 5.41) is 0. The van der Waals surface area contributed by atoms with E-state index in [4.69, 9.17) is 0 Å². The summed E-state index contributed by atoms with van der Waals surface area (Å²) in [6, 6.07) is 11.6. The molecule has 0 fully saturated rings. The molecular formula is C15H11NO. The minimum atomic E-state index is 0.383. The average molecular weight is 221 g/mol. The van der Waals surface area contributed by atoms with Crippen molar-refractivity contribution < 1.29 is 4.79 Å². The predicted molar refractivity (Wildman–Crippen MR) is 66.4 cm³/mol. The lowest BCUT2D eigenvalue weighted by atomic mass is 10.1. The molecule has 1 aromatic carbocycles. The highest BCUT2D eigenvalue weighted by Crippen LogP contribution is 2.02. The van der Waals surface area contributed by atoms with Crippen LogP contribution in [0.1, 0.15) is 16.7 Å². The number of hydrogen-bond donors (Lipinski definition) is 0. The van der Waals surface area contributed by atoms with E-state index in [-0.39, 0.29) is 0 Å². The number of pyridine rings is 1. The SMILES string of the molecule is O=CCc1cncc(C#Cc2ccccc2)c1. The molecule has 0 aliphatic carbocycles. The predicted octanol–water partition coefficient (Wildman–Crippen LogP) is 2.22. The summed E-state index contributed by atoms with van der Waals surface area (Å²) in [7, 11) is 0. The van der Waals surface area contributed by atoms with Crippen LogP contribution < -0.4 is 0 Å². The van der Waals surface area contributed by atoms with Gasteiger partial charge in [0.15, 0.2) is 0 Å². The molecule has 0 spiro atoms. The van der Waals surface area contributed by atoms with E-state index in [0.29, 0.717) is 6.42 Å². The van der Waals surface area contributed by atoms with E-state index in [1.165, 1.54) is 0 Å². The number of aromatic nitrogens is 1. The van der Waals surface area contributed by atoms with Crippen LogP contribution in [0.3, 0.4) is 0 Å². The van der Waals surface area contributed by atoms with Crippen molar-refractivity contribution in [2.45, 2.75) is 6.42 Å². The maximum atomic E-state index is 10.4. The summed E-state index contributed by atoms with van der Waals surface area (Å²) < 4.78 is 0. The number of rotatable bonds is 2. The zero-order chi connectivity index (χ0) is 11.9. The van der Waals surface area contributed by atoms with Crippen molar-refractivity contribution in [3.8, 4) is 11.8 Å². The molecule has 0 radical (unpaired) electrons. The van der Waals surface area contributed by atoms with Crippen LogP contribution in [-0.4, -0.2) is 11.3 Å². The lowest BCUT2D eigenvalue weighted by Gasteiger charge is -1.94. The molecule has 0 saturated carbocycles. The Hall–Kier alpha value is -2.40. The molecule has 0 saturated heterocycles. The Balaban J connectivity index is 2.22. The van der Waals surface area contributed by atoms with E-state index in [9.17, 15) is 4.79 Å². The van der Waals surface area contributed by atoms with Gasteiger partial charge in [0.1, 0.15) is 6.29 Å². The first kappa shape index (κ1) is 11.1. The van der Waals surface area contributed by atoms with Crippen LogP contribution in [-0.2, 0) is 11.2 Å². The molecule has 0 bridgehead atoms. The maximum Gasteiger partial charge on any atom is 0.124 e. The fraction of sp³-hybridized carbons (Fsp3) is 0.0667. The molecule has 2 nitrogen and oxygen atoms in total. The topological polar surface area (TPSA) is 30.0 Å². The fourth-order valence-corrected chi connectivity index (χ4v) is 1.43. The van der Waals surface area contributed by atoms with Gasteiger partial charge in [0.2, 0.25) is 0 Å². The minimum absolute atomic E-state index is 0.383. The minimum Gasteiger partial charge on any atom is -0.303 e. The zero-order valence-corrected chi connectivity index (χ0v) is 9.26. The lowest BCUT2D eigenvalue weighted by Crippen LogP contribution is -1.88. The summed E-state index contributed by atoms with van der Waals surface area (Å²) in [5.74, 6) is 6.08. The number of nitrogens with zero attached hydrogens (tertiary/aromatic N) is 1. The number of benzene rings is 1. The number of carbonyl (C=O) groups is 1. The number of hydrogen-bond acceptors (Lipinski definition) is 2. The second-order valence-electron chi connectivity index (χ2n) is 3.57. The van der Waals surface area contributed by atoms with E-state index < -0.39 is 0 Å². The molecule has 0 aliphatic rings. The molecule has 2 heteroatoms. The van der Waals surface area contributed by atoms with E-state index in [1.807, 2.05) is 36.4 Å².